The molecule has 22 heavy (non-hydrogen) atoms. The van der Waals surface area contributed by atoms with Gasteiger partial charge < -0.3 is 9.30 Å². The van der Waals surface area contributed by atoms with Crippen molar-refractivity contribution in [3.05, 3.63) is 17.7 Å². The fraction of sp³-hybridized carbons (Fsp3) is 0.800. The molecule has 0 spiro atoms. The molecule has 0 saturated carbocycles. The summed E-state index contributed by atoms with van der Waals surface area (Å²) in [5, 5.41) is 0. The Bertz CT molecular complexity index is 582. The molecule has 1 fully saturated rings. The maximum absolute atomic E-state index is 12.4. The average molecular weight is 327 g/mol. The minimum Gasteiger partial charge on any atom is -0.378 e. The van der Waals surface area contributed by atoms with Gasteiger partial charge in [0.25, 0.3) is 0 Å². The van der Waals surface area contributed by atoms with Gasteiger partial charge in [-0.2, -0.15) is 4.31 Å². The molecular weight excluding hydrogens is 302 g/mol. The fourth-order valence-electron chi connectivity index (χ4n) is 3.18. The van der Waals surface area contributed by atoms with E-state index in [1.54, 1.807) is 7.05 Å². The Kier molecular flexibility index (Phi) is 4.84. The van der Waals surface area contributed by atoms with Gasteiger partial charge in [-0.15, -0.1) is 0 Å². The molecule has 0 aliphatic carbocycles. The standard InChI is InChI=1S/C15H25N3O3S/c1-17(22(19,20)10-7-14-5-4-9-21-14)11-13-12-18-8-3-2-6-15(18)16-13/h12,14H,2-11H2,1H3. The van der Waals surface area contributed by atoms with E-state index in [0.29, 0.717) is 13.0 Å². The SMILES string of the molecule is CN(Cc1cn2c(n1)CCCC2)S(=O)(=O)CCC1CCCO1. The molecule has 0 bridgehead atoms. The van der Waals surface area contributed by atoms with E-state index in [9.17, 15) is 8.42 Å². The van der Waals surface area contributed by atoms with Gasteiger partial charge >= 0.3 is 0 Å². The number of aryl methyl sites for hydroxylation is 2. The first kappa shape index (κ1) is 16.0. The first-order valence-electron chi connectivity index (χ1n) is 8.15. The number of sulfonamides is 1. The van der Waals surface area contributed by atoms with Gasteiger partial charge in [0.15, 0.2) is 0 Å². The number of hydrogen-bond donors (Lipinski definition) is 0. The van der Waals surface area contributed by atoms with Crippen molar-refractivity contribution < 1.29 is 13.2 Å². The van der Waals surface area contributed by atoms with Crippen LogP contribution in [0.4, 0.5) is 0 Å². The Morgan fingerprint density at radius 3 is 3.00 bits per heavy atom. The zero-order chi connectivity index (χ0) is 15.6. The van der Waals surface area contributed by atoms with Crippen molar-refractivity contribution in [3.8, 4) is 0 Å². The highest BCUT2D eigenvalue weighted by Gasteiger charge is 2.24. The van der Waals surface area contributed by atoms with Crippen LogP contribution in [0.1, 0.15) is 43.6 Å². The fourth-order valence-corrected chi connectivity index (χ4v) is 4.38. The average Bonchev–Trinajstić information content (AvgIpc) is 3.13. The van der Waals surface area contributed by atoms with Crippen molar-refractivity contribution >= 4 is 10.0 Å². The molecule has 3 rings (SSSR count). The summed E-state index contributed by atoms with van der Waals surface area (Å²) >= 11 is 0. The number of rotatable bonds is 6. The van der Waals surface area contributed by atoms with Crippen molar-refractivity contribution in [3.63, 3.8) is 0 Å². The van der Waals surface area contributed by atoms with Gasteiger partial charge in [0.2, 0.25) is 10.0 Å². The van der Waals surface area contributed by atoms with Gasteiger partial charge in [0, 0.05) is 32.8 Å². The highest BCUT2D eigenvalue weighted by Crippen LogP contribution is 2.19. The molecule has 0 N–H and O–H groups in total. The smallest absolute Gasteiger partial charge is 0.214 e. The third kappa shape index (κ3) is 3.70. The van der Waals surface area contributed by atoms with Crippen LogP contribution in [0.25, 0.3) is 0 Å². The second-order valence-corrected chi connectivity index (χ2v) is 8.49. The predicted octanol–water partition coefficient (Wildman–Crippen LogP) is 1.55. The quantitative estimate of drug-likeness (QED) is 0.795. The molecule has 2 aliphatic rings. The normalized spacial score (nSPS) is 22.2. The van der Waals surface area contributed by atoms with Crippen LogP contribution in [-0.4, -0.2) is 47.8 Å². The van der Waals surface area contributed by atoms with Crippen molar-refractivity contribution in [2.24, 2.45) is 0 Å². The molecule has 0 aromatic carbocycles. The Hall–Kier alpha value is -0.920. The van der Waals surface area contributed by atoms with Gasteiger partial charge in [-0.25, -0.2) is 13.4 Å². The third-order valence-electron chi connectivity index (χ3n) is 4.54. The second kappa shape index (κ2) is 6.68. The maximum atomic E-state index is 12.4. The van der Waals surface area contributed by atoms with Crippen LogP contribution in [0.15, 0.2) is 6.20 Å². The van der Waals surface area contributed by atoms with Crippen molar-refractivity contribution in [1.29, 1.82) is 0 Å². The lowest BCUT2D eigenvalue weighted by Crippen LogP contribution is -2.30. The molecule has 3 heterocycles. The predicted molar refractivity (Wildman–Crippen MR) is 84.0 cm³/mol. The number of imidazole rings is 1. The molecule has 2 aliphatic heterocycles. The van der Waals surface area contributed by atoms with Crippen LogP contribution >= 0.6 is 0 Å². The molecule has 124 valence electrons. The Morgan fingerprint density at radius 1 is 1.41 bits per heavy atom. The van der Waals surface area contributed by atoms with Crippen LogP contribution in [0.2, 0.25) is 0 Å². The summed E-state index contributed by atoms with van der Waals surface area (Å²) in [5.41, 5.74) is 0.847. The molecule has 1 aromatic heterocycles. The molecule has 1 aromatic rings. The molecule has 7 heteroatoms. The lowest BCUT2D eigenvalue weighted by atomic mass is 10.2. The van der Waals surface area contributed by atoms with E-state index in [0.717, 1.165) is 43.9 Å². The van der Waals surface area contributed by atoms with Crippen LogP contribution in [-0.2, 0) is 34.3 Å². The van der Waals surface area contributed by atoms with Gasteiger partial charge in [-0.05, 0) is 32.1 Å². The number of nitrogens with zero attached hydrogens (tertiary/aromatic N) is 3. The second-order valence-electron chi connectivity index (χ2n) is 6.29. The molecule has 1 unspecified atom stereocenters. The van der Waals surface area contributed by atoms with E-state index in [-0.39, 0.29) is 11.9 Å². The van der Waals surface area contributed by atoms with E-state index < -0.39 is 10.0 Å². The lowest BCUT2D eigenvalue weighted by molar-refractivity contribution is 0.108. The molecule has 1 saturated heterocycles. The Balaban J connectivity index is 1.57. The largest absolute Gasteiger partial charge is 0.378 e. The van der Waals surface area contributed by atoms with Gasteiger partial charge in [0.05, 0.1) is 24.1 Å². The lowest BCUT2D eigenvalue weighted by Gasteiger charge is -2.17. The third-order valence-corrected chi connectivity index (χ3v) is 6.37. The molecular formula is C15H25N3O3S. The monoisotopic (exact) mass is 327 g/mol. The summed E-state index contributed by atoms with van der Waals surface area (Å²) in [6.45, 7) is 2.12. The zero-order valence-corrected chi connectivity index (χ0v) is 14.0. The Labute approximate surface area is 132 Å². The number of ether oxygens (including phenoxy) is 1. The molecule has 1 atom stereocenters. The molecule has 0 radical (unpaired) electrons. The number of aromatic nitrogens is 2. The van der Waals surface area contributed by atoms with Crippen LogP contribution in [0, 0.1) is 0 Å². The van der Waals surface area contributed by atoms with Gasteiger partial charge in [-0.1, -0.05) is 0 Å². The van der Waals surface area contributed by atoms with E-state index in [2.05, 4.69) is 9.55 Å². The Morgan fingerprint density at radius 2 is 2.27 bits per heavy atom. The number of fused-ring (bicyclic) bond motifs is 1. The van der Waals surface area contributed by atoms with Crippen LogP contribution in [0.3, 0.4) is 0 Å². The highest BCUT2D eigenvalue weighted by atomic mass is 32.2. The minimum atomic E-state index is -3.24. The van der Waals surface area contributed by atoms with E-state index in [1.807, 2.05) is 6.20 Å². The summed E-state index contributed by atoms with van der Waals surface area (Å²) in [6.07, 6.45) is 8.07. The van der Waals surface area contributed by atoms with E-state index in [4.69, 9.17) is 4.74 Å². The maximum Gasteiger partial charge on any atom is 0.214 e. The summed E-state index contributed by atoms with van der Waals surface area (Å²) in [4.78, 5) is 4.57. The van der Waals surface area contributed by atoms with Crippen molar-refractivity contribution in [2.75, 3.05) is 19.4 Å². The first-order valence-corrected chi connectivity index (χ1v) is 9.76. The summed E-state index contributed by atoms with van der Waals surface area (Å²) in [5.74, 6) is 1.24. The van der Waals surface area contributed by atoms with Gasteiger partial charge in [0.1, 0.15) is 5.82 Å². The van der Waals surface area contributed by atoms with E-state index in [1.165, 1.54) is 17.1 Å². The van der Waals surface area contributed by atoms with Crippen LogP contribution < -0.4 is 0 Å². The summed E-state index contributed by atoms with van der Waals surface area (Å²) < 4.78 is 33.8. The minimum absolute atomic E-state index is 0.114. The van der Waals surface area contributed by atoms with E-state index >= 15 is 0 Å². The zero-order valence-electron chi connectivity index (χ0n) is 13.2. The molecule has 6 nitrogen and oxygen atoms in total. The highest BCUT2D eigenvalue weighted by molar-refractivity contribution is 7.89. The van der Waals surface area contributed by atoms with Crippen LogP contribution in [0.5, 0.6) is 0 Å². The summed E-state index contributed by atoms with van der Waals surface area (Å²) in [6, 6.07) is 0. The topological polar surface area (TPSA) is 64.4 Å². The first-order chi connectivity index (χ1) is 10.5. The van der Waals surface area contributed by atoms with Crippen molar-refractivity contribution in [1.82, 2.24) is 13.9 Å². The van der Waals surface area contributed by atoms with Crippen molar-refractivity contribution in [2.45, 2.75) is 57.7 Å². The summed E-state index contributed by atoms with van der Waals surface area (Å²) in [7, 11) is -1.60. The number of hydrogen-bond acceptors (Lipinski definition) is 4. The molecule has 0 amide bonds. The van der Waals surface area contributed by atoms with Gasteiger partial charge in [-0.3, -0.25) is 0 Å².